The molecule has 0 spiro atoms. The number of thiophene rings is 1. The Bertz CT molecular complexity index is 1060. The molecule has 11 heteroatoms. The van der Waals surface area contributed by atoms with Crippen LogP contribution in [0, 0.1) is 11.8 Å². The highest BCUT2D eigenvalue weighted by Gasteiger charge is 2.57. The Morgan fingerprint density at radius 2 is 2.00 bits per heavy atom. The van der Waals surface area contributed by atoms with Crippen LogP contribution in [0.5, 0.6) is 0 Å². The zero-order valence-corrected chi connectivity index (χ0v) is 20.1. The summed E-state index contributed by atoms with van der Waals surface area (Å²) < 4.78 is 34.5. The van der Waals surface area contributed by atoms with E-state index in [0.29, 0.717) is 21.6 Å². The number of carbonyl (C=O) groups excluding carboxylic acids is 2. The highest BCUT2D eigenvalue weighted by atomic mass is 32.1. The highest BCUT2D eigenvalue weighted by molar-refractivity contribution is 7.10. The Morgan fingerprint density at radius 3 is 2.63 bits per heavy atom. The fourth-order valence-electron chi connectivity index (χ4n) is 5.94. The Balaban J connectivity index is 1.30. The van der Waals surface area contributed by atoms with Crippen molar-refractivity contribution in [3.05, 3.63) is 41.1 Å². The van der Waals surface area contributed by atoms with Gasteiger partial charge in [0.15, 0.2) is 18.2 Å². The van der Waals surface area contributed by atoms with Gasteiger partial charge in [-0.2, -0.15) is 0 Å². The number of amides is 1. The largest absolute Gasteiger partial charge is 0.454 e. The molecule has 8 nitrogen and oxygen atoms in total. The van der Waals surface area contributed by atoms with Crippen LogP contribution in [0.3, 0.4) is 0 Å². The lowest BCUT2D eigenvalue weighted by molar-refractivity contribution is -0.939. The standard InChI is InChI=1S/C24H28F2N4O4S/c25-23(26)6-3-17(10-23)24(33,20-2-1-9-35-20)22(32)34-19-13-30(7-4-16(19)5-8-30)14-21(31)29-18-11-27-15-28-12-18/h1-2,9,11-12,15-17,19,33H,3-8,10,13-14H2/p+1/t16?,17?,19?,24-,30?/m0/s1. The molecule has 1 amide bonds. The molecule has 1 aliphatic carbocycles. The summed E-state index contributed by atoms with van der Waals surface area (Å²) in [7, 11) is 0. The number of fused-ring (bicyclic) bond motifs is 3. The first-order chi connectivity index (χ1) is 16.7. The van der Waals surface area contributed by atoms with E-state index in [0.717, 1.165) is 25.9 Å². The monoisotopic (exact) mass is 507 g/mol. The lowest BCUT2D eigenvalue weighted by Crippen LogP contribution is -2.66. The van der Waals surface area contributed by atoms with Crippen LogP contribution in [-0.2, 0) is 19.9 Å². The van der Waals surface area contributed by atoms with Gasteiger partial charge in [-0.15, -0.1) is 11.3 Å². The number of alkyl halides is 2. The second kappa shape index (κ2) is 9.18. The molecule has 3 aliphatic heterocycles. The first-order valence-corrected chi connectivity index (χ1v) is 12.8. The summed E-state index contributed by atoms with van der Waals surface area (Å²) in [5.41, 5.74) is -1.59. The van der Waals surface area contributed by atoms with Gasteiger partial charge in [0.1, 0.15) is 12.9 Å². The Kier molecular flexibility index (Phi) is 6.35. The SMILES string of the molecule is O=C(C[N+]12CCC(CC1)C(OC(=O)[C@@](O)(c1cccs1)C1CCC(F)(F)C1)C2)Nc1cncnc1. The summed E-state index contributed by atoms with van der Waals surface area (Å²) in [5.74, 6) is -4.72. The molecule has 1 saturated carbocycles. The molecule has 4 aliphatic rings. The van der Waals surface area contributed by atoms with Crippen molar-refractivity contribution < 1.29 is 32.7 Å². The van der Waals surface area contributed by atoms with Gasteiger partial charge in [-0.3, -0.25) is 4.79 Å². The van der Waals surface area contributed by atoms with Gasteiger partial charge in [0.2, 0.25) is 5.92 Å². The van der Waals surface area contributed by atoms with Crippen LogP contribution in [0.2, 0.25) is 0 Å². The van der Waals surface area contributed by atoms with E-state index in [-0.39, 0.29) is 31.2 Å². The van der Waals surface area contributed by atoms with Crippen molar-refractivity contribution in [2.24, 2.45) is 11.8 Å². The Hall–Kier alpha value is -2.50. The zero-order chi connectivity index (χ0) is 24.7. The second-order valence-electron chi connectivity index (χ2n) is 10.1. The molecule has 2 unspecified atom stereocenters. The minimum absolute atomic E-state index is 0.0496. The lowest BCUT2D eigenvalue weighted by atomic mass is 9.82. The predicted octanol–water partition coefficient (Wildman–Crippen LogP) is 2.95. The van der Waals surface area contributed by atoms with Gasteiger partial charge in [-0.05, 0) is 17.9 Å². The van der Waals surface area contributed by atoms with Gasteiger partial charge in [0.05, 0.1) is 31.2 Å². The second-order valence-corrected chi connectivity index (χ2v) is 11.1. The van der Waals surface area contributed by atoms with Gasteiger partial charge in [0, 0.05) is 42.4 Å². The van der Waals surface area contributed by atoms with E-state index in [2.05, 4.69) is 15.3 Å². The van der Waals surface area contributed by atoms with E-state index < -0.39 is 35.9 Å². The number of hydrogen-bond donors (Lipinski definition) is 2. The van der Waals surface area contributed by atoms with Crippen LogP contribution in [0.4, 0.5) is 14.5 Å². The van der Waals surface area contributed by atoms with E-state index in [1.165, 1.54) is 30.1 Å². The lowest BCUT2D eigenvalue weighted by Gasteiger charge is -2.51. The summed E-state index contributed by atoms with van der Waals surface area (Å²) in [5, 5.41) is 16.1. The molecule has 188 valence electrons. The van der Waals surface area contributed by atoms with Crippen molar-refractivity contribution >= 4 is 28.9 Å². The molecule has 2 aromatic rings. The van der Waals surface area contributed by atoms with Crippen LogP contribution < -0.4 is 5.32 Å². The third-order valence-corrected chi connectivity index (χ3v) is 8.82. The molecule has 0 aromatic carbocycles. The number of aromatic nitrogens is 2. The van der Waals surface area contributed by atoms with Crippen LogP contribution >= 0.6 is 11.3 Å². The highest BCUT2D eigenvalue weighted by Crippen LogP contribution is 2.49. The van der Waals surface area contributed by atoms with E-state index in [4.69, 9.17) is 4.74 Å². The fourth-order valence-corrected chi connectivity index (χ4v) is 6.83. The Morgan fingerprint density at radius 1 is 1.26 bits per heavy atom. The third kappa shape index (κ3) is 4.81. The number of quaternary nitrogens is 1. The number of halogens is 2. The van der Waals surface area contributed by atoms with Gasteiger partial charge < -0.3 is 19.6 Å². The van der Waals surface area contributed by atoms with Crippen LogP contribution in [0.1, 0.15) is 37.0 Å². The molecule has 0 radical (unpaired) electrons. The number of rotatable bonds is 7. The van der Waals surface area contributed by atoms with Crippen molar-refractivity contribution in [3.63, 3.8) is 0 Å². The number of ether oxygens (including phenoxy) is 1. The van der Waals surface area contributed by atoms with E-state index in [1.807, 2.05) is 0 Å². The third-order valence-electron chi connectivity index (χ3n) is 7.83. The fraction of sp³-hybridized carbons (Fsp3) is 0.583. The topological polar surface area (TPSA) is 101 Å². The first kappa shape index (κ1) is 24.2. The smallest absolute Gasteiger partial charge is 0.344 e. The minimum atomic E-state index is -2.90. The van der Waals surface area contributed by atoms with Crippen LogP contribution in [0.25, 0.3) is 0 Å². The van der Waals surface area contributed by atoms with Gasteiger partial charge in [0.25, 0.3) is 5.91 Å². The Labute approximate surface area is 205 Å². The first-order valence-electron chi connectivity index (χ1n) is 11.9. The number of nitrogens with one attached hydrogen (secondary N) is 1. The number of nitrogens with zero attached hydrogens (tertiary/aromatic N) is 3. The molecule has 35 heavy (non-hydrogen) atoms. The van der Waals surface area contributed by atoms with Gasteiger partial charge in [-0.1, -0.05) is 6.07 Å². The van der Waals surface area contributed by atoms with E-state index in [9.17, 15) is 23.5 Å². The van der Waals surface area contributed by atoms with Crippen molar-refractivity contribution in [3.8, 4) is 0 Å². The number of carbonyl (C=O) groups is 2. The molecule has 2 aromatic heterocycles. The van der Waals surface area contributed by atoms with E-state index >= 15 is 0 Å². The summed E-state index contributed by atoms with van der Waals surface area (Å²) in [4.78, 5) is 34.3. The number of anilines is 1. The average Bonchev–Trinajstić information content (AvgIpc) is 3.50. The molecule has 5 heterocycles. The van der Waals surface area contributed by atoms with Crippen LogP contribution in [-0.4, -0.2) is 69.6 Å². The molecular formula is C24H29F2N4O4S+. The summed E-state index contributed by atoms with van der Waals surface area (Å²) >= 11 is 1.17. The van der Waals surface area contributed by atoms with Gasteiger partial charge in [-0.25, -0.2) is 23.5 Å². The quantitative estimate of drug-likeness (QED) is 0.442. The van der Waals surface area contributed by atoms with Crippen LogP contribution in [0.15, 0.2) is 36.2 Å². The van der Waals surface area contributed by atoms with Crippen molar-refractivity contribution in [2.75, 3.05) is 31.5 Å². The van der Waals surface area contributed by atoms with Crippen molar-refractivity contribution in [1.82, 2.24) is 9.97 Å². The van der Waals surface area contributed by atoms with Crippen molar-refractivity contribution in [1.29, 1.82) is 0 Å². The molecule has 3 atom stereocenters. The predicted molar refractivity (Wildman–Crippen MR) is 123 cm³/mol. The number of esters is 1. The molecule has 4 fully saturated rings. The molecule has 2 bridgehead atoms. The number of hydrogen-bond acceptors (Lipinski definition) is 7. The minimum Gasteiger partial charge on any atom is -0.454 e. The van der Waals surface area contributed by atoms with Gasteiger partial charge >= 0.3 is 5.97 Å². The maximum atomic E-state index is 14.0. The van der Waals surface area contributed by atoms with Crippen molar-refractivity contribution in [2.45, 2.75) is 49.7 Å². The summed E-state index contributed by atoms with van der Waals surface area (Å²) in [6, 6.07) is 3.29. The average molecular weight is 508 g/mol. The summed E-state index contributed by atoms with van der Waals surface area (Å²) in [6.45, 7) is 2.26. The van der Waals surface area contributed by atoms with E-state index in [1.54, 1.807) is 17.5 Å². The molecule has 3 saturated heterocycles. The number of piperidine rings is 3. The zero-order valence-electron chi connectivity index (χ0n) is 19.2. The molecular weight excluding hydrogens is 478 g/mol. The molecule has 2 N–H and O–H groups in total. The normalized spacial score (nSPS) is 31.0. The summed E-state index contributed by atoms with van der Waals surface area (Å²) in [6.07, 6.45) is 4.68. The maximum Gasteiger partial charge on any atom is 0.344 e. The maximum absolute atomic E-state index is 14.0. The molecule has 6 rings (SSSR count). The number of aliphatic hydroxyl groups is 1.